The number of benzene rings is 7. The van der Waals surface area contributed by atoms with Crippen molar-refractivity contribution in [1.29, 1.82) is 0 Å². The van der Waals surface area contributed by atoms with Gasteiger partial charge in [0.2, 0.25) is 5.82 Å². The number of aromatic nitrogens is 7. The van der Waals surface area contributed by atoms with Gasteiger partial charge in [-0.2, -0.15) is 0 Å². The van der Waals surface area contributed by atoms with Crippen molar-refractivity contribution in [3.05, 3.63) is 176 Å². The van der Waals surface area contributed by atoms with Gasteiger partial charge in [0.25, 0.3) is 5.89 Å². The number of hydrogen-bond acceptors (Lipinski definition) is 5. The van der Waals surface area contributed by atoms with Gasteiger partial charge in [0.15, 0.2) is 5.58 Å². The Kier molecular flexibility index (Phi) is 6.69. The van der Waals surface area contributed by atoms with Gasteiger partial charge in [-0.1, -0.05) is 91.0 Å². The van der Waals surface area contributed by atoms with Gasteiger partial charge in [-0.25, -0.2) is 19.9 Å². The van der Waals surface area contributed by atoms with E-state index in [0.717, 1.165) is 72.9 Å². The van der Waals surface area contributed by atoms with Crippen LogP contribution in [0.25, 0.3) is 95.8 Å². The van der Waals surface area contributed by atoms with Gasteiger partial charge < -0.3 is 4.42 Å². The normalized spacial score (nSPS) is 11.7. The molecule has 0 aliphatic rings. The number of imidazole rings is 3. The molecular weight excluding hydrogens is 667 g/mol. The van der Waals surface area contributed by atoms with Gasteiger partial charge in [0.05, 0.1) is 38.7 Å². The molecule has 4 heterocycles. The second-order valence-corrected chi connectivity index (χ2v) is 13.1. The minimum absolute atomic E-state index is 0.405. The highest BCUT2D eigenvalue weighted by Crippen LogP contribution is 2.43. The third-order valence-electron chi connectivity index (χ3n) is 9.94. The van der Waals surface area contributed by atoms with Crippen LogP contribution in [0.4, 0.5) is 0 Å². The van der Waals surface area contributed by atoms with Crippen LogP contribution in [-0.4, -0.2) is 33.6 Å². The molecule has 8 nitrogen and oxygen atoms in total. The monoisotopic (exact) mass is 695 g/mol. The van der Waals surface area contributed by atoms with Crippen molar-refractivity contribution in [1.82, 2.24) is 33.6 Å². The zero-order chi connectivity index (χ0) is 35.6. The Labute approximate surface area is 308 Å². The molecule has 4 aromatic heterocycles. The minimum atomic E-state index is 0.405. The SMILES string of the molecule is c1ccc(-n2c(-c3nc4c(-c5nc6ccccc6n5-c5ccccc5)c(-c5nc6ccccc6n5-c5ccccc5)ccc4o3)nc3ccccc32)cc1. The second kappa shape index (κ2) is 12.0. The molecule has 11 aromatic rings. The average Bonchev–Trinajstić information content (AvgIpc) is 4.02. The summed E-state index contributed by atoms with van der Waals surface area (Å²) in [4.78, 5) is 21.1. The van der Waals surface area contributed by atoms with Crippen LogP contribution in [0.5, 0.6) is 0 Å². The Morgan fingerprint density at radius 2 is 0.759 bits per heavy atom. The van der Waals surface area contributed by atoms with Gasteiger partial charge in [0, 0.05) is 22.6 Å². The zero-order valence-corrected chi connectivity index (χ0v) is 28.8. The first-order valence-corrected chi connectivity index (χ1v) is 17.8. The smallest absolute Gasteiger partial charge is 0.264 e. The second-order valence-electron chi connectivity index (χ2n) is 13.1. The van der Waals surface area contributed by atoms with Crippen LogP contribution < -0.4 is 0 Å². The fraction of sp³-hybridized carbons (Fsp3) is 0. The summed E-state index contributed by atoms with van der Waals surface area (Å²) in [5, 5.41) is 0. The van der Waals surface area contributed by atoms with E-state index in [1.165, 1.54) is 0 Å². The maximum Gasteiger partial charge on any atom is 0.264 e. The summed E-state index contributed by atoms with van der Waals surface area (Å²) < 4.78 is 13.3. The van der Waals surface area contributed by atoms with E-state index in [0.29, 0.717) is 22.8 Å². The van der Waals surface area contributed by atoms with Crippen LogP contribution in [0.2, 0.25) is 0 Å². The molecule has 0 radical (unpaired) electrons. The first-order chi connectivity index (χ1) is 26.8. The Morgan fingerprint density at radius 1 is 0.352 bits per heavy atom. The molecule has 0 bridgehead atoms. The van der Waals surface area contributed by atoms with Crippen LogP contribution in [-0.2, 0) is 0 Å². The van der Waals surface area contributed by atoms with Crippen molar-refractivity contribution in [3.8, 4) is 51.6 Å². The fourth-order valence-corrected chi connectivity index (χ4v) is 7.59. The average molecular weight is 696 g/mol. The third-order valence-corrected chi connectivity index (χ3v) is 9.94. The minimum Gasteiger partial charge on any atom is -0.434 e. The van der Waals surface area contributed by atoms with Crippen LogP contribution in [0, 0.1) is 0 Å². The maximum absolute atomic E-state index is 6.73. The summed E-state index contributed by atoms with van der Waals surface area (Å²) in [5.74, 6) is 2.51. The number of oxazole rings is 1. The van der Waals surface area contributed by atoms with Gasteiger partial charge in [-0.3, -0.25) is 13.7 Å². The van der Waals surface area contributed by atoms with E-state index in [9.17, 15) is 0 Å². The zero-order valence-electron chi connectivity index (χ0n) is 28.8. The quantitative estimate of drug-likeness (QED) is 0.173. The lowest BCUT2D eigenvalue weighted by atomic mass is 10.0. The van der Waals surface area contributed by atoms with E-state index in [1.807, 2.05) is 91.0 Å². The maximum atomic E-state index is 6.73. The molecule has 0 saturated heterocycles. The summed E-state index contributed by atoms with van der Waals surface area (Å²) in [5.41, 5.74) is 11.4. The first kappa shape index (κ1) is 30.1. The standard InChI is InChI=1S/C46H29N7O/c1-4-16-30(17-5-1)51-37-25-13-10-22-34(37)47-43(51)33-28-29-40-42(41(33)44-48-35-23-11-14-26-38(35)52(44)31-18-6-2-7-19-31)50-46(54-40)45-49-36-24-12-15-27-39(36)53(45)32-20-8-3-9-21-32/h1-29H. The van der Waals surface area contributed by atoms with Crippen molar-refractivity contribution in [2.75, 3.05) is 0 Å². The van der Waals surface area contributed by atoms with E-state index >= 15 is 0 Å². The van der Waals surface area contributed by atoms with Crippen molar-refractivity contribution in [3.63, 3.8) is 0 Å². The molecule has 0 amide bonds. The molecule has 0 unspecified atom stereocenters. The summed E-state index contributed by atoms with van der Waals surface area (Å²) in [6, 6.07) is 59.5. The molecule has 0 atom stereocenters. The van der Waals surface area contributed by atoms with E-state index < -0.39 is 0 Å². The predicted octanol–water partition coefficient (Wildman–Crippen LogP) is 10.8. The highest BCUT2D eigenvalue weighted by molar-refractivity contribution is 6.02. The Bertz CT molecular complexity index is 3160. The predicted molar refractivity (Wildman–Crippen MR) is 214 cm³/mol. The van der Waals surface area contributed by atoms with E-state index in [1.54, 1.807) is 0 Å². The van der Waals surface area contributed by atoms with E-state index in [4.69, 9.17) is 24.4 Å². The van der Waals surface area contributed by atoms with Crippen LogP contribution in [0.1, 0.15) is 0 Å². The molecule has 0 N–H and O–H groups in total. The molecule has 0 fully saturated rings. The lowest BCUT2D eigenvalue weighted by Gasteiger charge is -2.15. The van der Waals surface area contributed by atoms with Gasteiger partial charge in [-0.15, -0.1) is 0 Å². The first-order valence-electron chi connectivity index (χ1n) is 17.8. The van der Waals surface area contributed by atoms with Crippen LogP contribution in [0.3, 0.4) is 0 Å². The van der Waals surface area contributed by atoms with Crippen molar-refractivity contribution >= 4 is 44.2 Å². The third kappa shape index (κ3) is 4.63. The fourth-order valence-electron chi connectivity index (χ4n) is 7.59. The highest BCUT2D eigenvalue weighted by Gasteiger charge is 2.28. The molecule has 0 aliphatic heterocycles. The van der Waals surface area contributed by atoms with Crippen LogP contribution >= 0.6 is 0 Å². The summed E-state index contributed by atoms with van der Waals surface area (Å²) in [6.45, 7) is 0. The lowest BCUT2D eigenvalue weighted by Crippen LogP contribution is -2.03. The Morgan fingerprint density at radius 3 is 1.28 bits per heavy atom. The molecule has 254 valence electrons. The summed E-state index contributed by atoms with van der Waals surface area (Å²) >= 11 is 0. The number of fused-ring (bicyclic) bond motifs is 4. The molecule has 0 aliphatic carbocycles. The number of hydrogen-bond donors (Lipinski definition) is 0. The molecule has 8 heteroatoms. The highest BCUT2D eigenvalue weighted by atomic mass is 16.3. The van der Waals surface area contributed by atoms with Crippen molar-refractivity contribution < 1.29 is 4.42 Å². The molecule has 7 aromatic carbocycles. The summed E-state index contributed by atoms with van der Waals surface area (Å²) in [6.07, 6.45) is 0. The number of rotatable bonds is 6. The van der Waals surface area contributed by atoms with Gasteiger partial charge in [0.1, 0.15) is 17.2 Å². The molecule has 11 rings (SSSR count). The number of nitrogens with zero attached hydrogens (tertiary/aromatic N) is 7. The van der Waals surface area contributed by atoms with Crippen molar-refractivity contribution in [2.45, 2.75) is 0 Å². The Balaban J connectivity index is 1.26. The van der Waals surface area contributed by atoms with Crippen molar-refractivity contribution in [2.24, 2.45) is 0 Å². The van der Waals surface area contributed by atoms with Gasteiger partial charge >= 0.3 is 0 Å². The largest absolute Gasteiger partial charge is 0.434 e. The van der Waals surface area contributed by atoms with Crippen LogP contribution in [0.15, 0.2) is 180 Å². The van der Waals surface area contributed by atoms with Gasteiger partial charge in [-0.05, 0) is 84.9 Å². The topological polar surface area (TPSA) is 79.5 Å². The van der Waals surface area contributed by atoms with E-state index in [2.05, 4.69) is 98.6 Å². The summed E-state index contributed by atoms with van der Waals surface area (Å²) in [7, 11) is 0. The molecule has 0 saturated carbocycles. The lowest BCUT2D eigenvalue weighted by molar-refractivity contribution is 0.612. The number of para-hydroxylation sites is 9. The molecular formula is C46H29N7O. The Hall–Kier alpha value is -7.58. The molecule has 0 spiro atoms. The van der Waals surface area contributed by atoms with E-state index in [-0.39, 0.29) is 0 Å². The molecule has 54 heavy (non-hydrogen) atoms.